The third-order valence-electron chi connectivity index (χ3n) is 3.96. The van der Waals surface area contributed by atoms with Crippen LogP contribution in [0.4, 0.5) is 0 Å². The number of rotatable bonds is 5. The molecule has 1 fully saturated rings. The Morgan fingerprint density at radius 2 is 2.04 bits per heavy atom. The number of hydrogen-bond acceptors (Lipinski definition) is 5. The SMILES string of the molecule is N[C@@H]1COC[C@H]1n1ccc(=O)c(OCc2ccccc2)c1C(=O)O. The summed E-state index contributed by atoms with van der Waals surface area (Å²) in [5.41, 5.74) is 6.13. The first-order valence-corrected chi connectivity index (χ1v) is 7.56. The van der Waals surface area contributed by atoms with Crippen molar-refractivity contribution in [3.8, 4) is 5.75 Å². The van der Waals surface area contributed by atoms with E-state index in [-0.39, 0.29) is 30.1 Å². The number of benzene rings is 1. The largest absolute Gasteiger partial charge is 0.482 e. The Labute approximate surface area is 138 Å². The van der Waals surface area contributed by atoms with Crippen molar-refractivity contribution in [2.45, 2.75) is 18.7 Å². The van der Waals surface area contributed by atoms with E-state index in [4.69, 9.17) is 15.2 Å². The van der Waals surface area contributed by atoms with Crippen LogP contribution in [0.2, 0.25) is 0 Å². The molecule has 7 heteroatoms. The van der Waals surface area contributed by atoms with Crippen molar-refractivity contribution in [1.29, 1.82) is 0 Å². The van der Waals surface area contributed by atoms with Crippen LogP contribution in [0.25, 0.3) is 0 Å². The van der Waals surface area contributed by atoms with Gasteiger partial charge < -0.3 is 24.9 Å². The molecule has 2 atom stereocenters. The van der Waals surface area contributed by atoms with Crippen molar-refractivity contribution in [1.82, 2.24) is 4.57 Å². The summed E-state index contributed by atoms with van der Waals surface area (Å²) in [6, 6.07) is 9.82. The molecular weight excluding hydrogens is 312 g/mol. The highest BCUT2D eigenvalue weighted by atomic mass is 16.5. The molecule has 2 heterocycles. The predicted molar refractivity (Wildman–Crippen MR) is 86.3 cm³/mol. The van der Waals surface area contributed by atoms with Gasteiger partial charge in [0.25, 0.3) is 0 Å². The first kappa shape index (κ1) is 16.2. The number of ether oxygens (including phenoxy) is 2. The molecule has 1 aromatic carbocycles. The third kappa shape index (κ3) is 3.17. The summed E-state index contributed by atoms with van der Waals surface area (Å²) in [6.45, 7) is 0.742. The van der Waals surface area contributed by atoms with Gasteiger partial charge in [-0.05, 0) is 5.56 Å². The Bertz CT molecular complexity index is 787. The van der Waals surface area contributed by atoms with Gasteiger partial charge in [-0.2, -0.15) is 0 Å². The number of aromatic nitrogens is 1. The molecule has 1 aliphatic rings. The summed E-state index contributed by atoms with van der Waals surface area (Å²) in [4.78, 5) is 23.9. The number of carboxylic acids is 1. The zero-order valence-corrected chi connectivity index (χ0v) is 12.9. The fourth-order valence-corrected chi connectivity index (χ4v) is 2.73. The molecule has 0 radical (unpaired) electrons. The second-order valence-electron chi connectivity index (χ2n) is 5.61. The minimum absolute atomic E-state index is 0.105. The van der Waals surface area contributed by atoms with Gasteiger partial charge in [-0.15, -0.1) is 0 Å². The summed E-state index contributed by atoms with van der Waals surface area (Å²) in [6.07, 6.45) is 1.43. The lowest BCUT2D eigenvalue weighted by Gasteiger charge is -2.21. The molecule has 126 valence electrons. The topological polar surface area (TPSA) is 104 Å². The van der Waals surface area contributed by atoms with E-state index >= 15 is 0 Å². The minimum Gasteiger partial charge on any atom is -0.482 e. The van der Waals surface area contributed by atoms with E-state index in [0.29, 0.717) is 13.2 Å². The first-order chi connectivity index (χ1) is 11.6. The Morgan fingerprint density at radius 3 is 2.67 bits per heavy atom. The van der Waals surface area contributed by atoms with E-state index in [1.165, 1.54) is 16.8 Å². The summed E-state index contributed by atoms with van der Waals surface area (Å²) < 4.78 is 12.3. The summed E-state index contributed by atoms with van der Waals surface area (Å²) in [7, 11) is 0. The van der Waals surface area contributed by atoms with Crippen molar-refractivity contribution < 1.29 is 19.4 Å². The highest BCUT2D eigenvalue weighted by Gasteiger charge is 2.31. The number of aromatic carboxylic acids is 1. The van der Waals surface area contributed by atoms with Gasteiger partial charge in [0.15, 0.2) is 11.4 Å². The molecule has 0 unspecified atom stereocenters. The Balaban J connectivity index is 1.98. The van der Waals surface area contributed by atoms with E-state index in [1.54, 1.807) is 0 Å². The monoisotopic (exact) mass is 330 g/mol. The smallest absolute Gasteiger partial charge is 0.356 e. The Morgan fingerprint density at radius 1 is 1.29 bits per heavy atom. The summed E-state index contributed by atoms with van der Waals surface area (Å²) >= 11 is 0. The molecule has 1 aliphatic heterocycles. The average Bonchev–Trinajstić information content (AvgIpc) is 3.00. The van der Waals surface area contributed by atoms with Crippen LogP contribution in [-0.2, 0) is 11.3 Å². The highest BCUT2D eigenvalue weighted by Crippen LogP contribution is 2.24. The van der Waals surface area contributed by atoms with Crippen molar-refractivity contribution >= 4 is 5.97 Å². The lowest BCUT2D eigenvalue weighted by Crippen LogP contribution is -2.34. The van der Waals surface area contributed by atoms with Crippen LogP contribution in [0.5, 0.6) is 5.75 Å². The fraction of sp³-hybridized carbons (Fsp3) is 0.294. The molecule has 1 aromatic heterocycles. The maximum Gasteiger partial charge on any atom is 0.356 e. The number of carbonyl (C=O) groups is 1. The second kappa shape index (κ2) is 6.86. The van der Waals surface area contributed by atoms with Crippen LogP contribution in [0.1, 0.15) is 22.1 Å². The third-order valence-corrected chi connectivity index (χ3v) is 3.96. The van der Waals surface area contributed by atoms with Crippen LogP contribution in [0, 0.1) is 0 Å². The quantitative estimate of drug-likeness (QED) is 0.848. The van der Waals surface area contributed by atoms with Crippen LogP contribution < -0.4 is 15.9 Å². The van der Waals surface area contributed by atoms with Crippen LogP contribution >= 0.6 is 0 Å². The molecule has 0 aliphatic carbocycles. The Hall–Kier alpha value is -2.64. The fourth-order valence-electron chi connectivity index (χ4n) is 2.73. The summed E-state index contributed by atoms with van der Waals surface area (Å²) in [5.74, 6) is -1.43. The zero-order valence-electron chi connectivity index (χ0n) is 12.9. The zero-order chi connectivity index (χ0) is 17.1. The summed E-state index contributed by atoms with van der Waals surface area (Å²) in [5, 5.41) is 9.59. The number of nitrogens with two attached hydrogens (primary N) is 1. The predicted octanol–water partition coefficient (Wildman–Crippen LogP) is 1.02. The van der Waals surface area contributed by atoms with Gasteiger partial charge in [0, 0.05) is 12.3 Å². The van der Waals surface area contributed by atoms with Gasteiger partial charge in [-0.25, -0.2) is 4.79 Å². The molecule has 7 nitrogen and oxygen atoms in total. The number of nitrogens with zero attached hydrogens (tertiary/aromatic N) is 1. The lowest BCUT2D eigenvalue weighted by atomic mass is 10.1. The number of pyridine rings is 1. The van der Waals surface area contributed by atoms with Crippen LogP contribution in [0.3, 0.4) is 0 Å². The molecule has 24 heavy (non-hydrogen) atoms. The molecular formula is C17H18N2O5. The van der Waals surface area contributed by atoms with Gasteiger partial charge in [0.1, 0.15) is 6.61 Å². The molecule has 2 aromatic rings. The van der Waals surface area contributed by atoms with Gasteiger partial charge in [0.05, 0.1) is 25.3 Å². The number of carboxylic acid groups (broad SMARTS) is 1. The van der Waals surface area contributed by atoms with Gasteiger partial charge in [-0.3, -0.25) is 4.79 Å². The molecule has 0 saturated carbocycles. The molecule has 0 amide bonds. The maximum absolute atomic E-state index is 12.2. The van der Waals surface area contributed by atoms with E-state index in [0.717, 1.165) is 5.56 Å². The van der Waals surface area contributed by atoms with Gasteiger partial charge in [-0.1, -0.05) is 30.3 Å². The van der Waals surface area contributed by atoms with E-state index in [1.807, 2.05) is 30.3 Å². The van der Waals surface area contributed by atoms with Gasteiger partial charge >= 0.3 is 5.97 Å². The molecule has 3 N–H and O–H groups in total. The lowest BCUT2D eigenvalue weighted by molar-refractivity contribution is 0.0673. The van der Waals surface area contributed by atoms with Crippen molar-refractivity contribution in [3.05, 3.63) is 64.1 Å². The number of hydrogen-bond donors (Lipinski definition) is 2. The van der Waals surface area contributed by atoms with Gasteiger partial charge in [0.2, 0.25) is 5.43 Å². The normalized spacial score (nSPS) is 20.0. The van der Waals surface area contributed by atoms with Crippen molar-refractivity contribution in [3.63, 3.8) is 0 Å². The standard InChI is InChI=1S/C17H18N2O5/c18-12-9-23-10-13(12)19-7-6-14(20)16(15(19)17(21)22)24-8-11-4-2-1-3-5-11/h1-7,12-13H,8-10,18H2,(H,21,22)/t12-,13-/m1/s1. The first-order valence-electron chi connectivity index (χ1n) is 7.56. The molecule has 0 bridgehead atoms. The van der Waals surface area contributed by atoms with E-state index in [2.05, 4.69) is 0 Å². The van der Waals surface area contributed by atoms with Crippen LogP contribution in [-0.4, -0.2) is 34.9 Å². The highest BCUT2D eigenvalue weighted by molar-refractivity contribution is 5.89. The molecule has 0 spiro atoms. The van der Waals surface area contributed by atoms with Crippen molar-refractivity contribution in [2.24, 2.45) is 5.73 Å². The van der Waals surface area contributed by atoms with Crippen molar-refractivity contribution in [2.75, 3.05) is 13.2 Å². The molecule has 1 saturated heterocycles. The van der Waals surface area contributed by atoms with Crippen LogP contribution in [0.15, 0.2) is 47.4 Å². The second-order valence-corrected chi connectivity index (χ2v) is 5.61. The Kier molecular flexibility index (Phi) is 4.64. The molecule has 3 rings (SSSR count). The van der Waals surface area contributed by atoms with E-state index in [9.17, 15) is 14.7 Å². The average molecular weight is 330 g/mol. The van der Waals surface area contributed by atoms with E-state index < -0.39 is 11.4 Å². The maximum atomic E-state index is 12.2. The minimum atomic E-state index is -1.24.